The van der Waals surface area contributed by atoms with Crippen LogP contribution in [-0.4, -0.2) is 24.8 Å². The second kappa shape index (κ2) is 8.42. The summed E-state index contributed by atoms with van der Waals surface area (Å²) in [5, 5.41) is 5.42. The quantitative estimate of drug-likeness (QED) is 0.794. The number of rotatable bonds is 5. The highest BCUT2D eigenvalue weighted by molar-refractivity contribution is 5.97. The molecule has 9 heteroatoms. The summed E-state index contributed by atoms with van der Waals surface area (Å²) in [5.41, 5.74) is 2.13. The van der Waals surface area contributed by atoms with Crippen molar-refractivity contribution in [3.63, 3.8) is 0 Å². The summed E-state index contributed by atoms with van der Waals surface area (Å²) in [5.74, 6) is -1.13. The highest BCUT2D eigenvalue weighted by atomic mass is 19.4. The third-order valence-electron chi connectivity index (χ3n) is 4.28. The van der Waals surface area contributed by atoms with Gasteiger partial charge in [0.1, 0.15) is 18.1 Å². The molecule has 0 aromatic heterocycles. The molecule has 0 radical (unpaired) electrons. The van der Waals surface area contributed by atoms with E-state index in [1.807, 2.05) is 13.0 Å². The van der Waals surface area contributed by atoms with Gasteiger partial charge in [0.2, 0.25) is 11.8 Å². The maximum absolute atomic E-state index is 12.4. The monoisotopic (exact) mass is 408 g/mol. The molecule has 1 atom stereocenters. The average molecular weight is 408 g/mol. The number of anilines is 1. The van der Waals surface area contributed by atoms with E-state index in [1.165, 1.54) is 24.3 Å². The molecule has 0 spiro atoms. The number of benzene rings is 2. The van der Waals surface area contributed by atoms with Gasteiger partial charge in [0.25, 0.3) is 0 Å². The average Bonchev–Trinajstić information content (AvgIpc) is 2.78. The van der Waals surface area contributed by atoms with Crippen LogP contribution in [0.5, 0.6) is 11.5 Å². The maximum atomic E-state index is 12.4. The van der Waals surface area contributed by atoms with E-state index in [1.54, 1.807) is 12.1 Å². The van der Waals surface area contributed by atoms with Crippen molar-refractivity contribution >= 4 is 17.5 Å². The Balaban J connectivity index is 1.51. The zero-order valence-corrected chi connectivity index (χ0v) is 15.5. The first-order chi connectivity index (χ1) is 13.7. The van der Waals surface area contributed by atoms with Crippen molar-refractivity contribution in [1.29, 1.82) is 0 Å². The Morgan fingerprint density at radius 1 is 1.24 bits per heavy atom. The lowest BCUT2D eigenvalue weighted by atomic mass is 10.1. The second-order valence-electron chi connectivity index (χ2n) is 6.67. The lowest BCUT2D eigenvalue weighted by Crippen LogP contribution is -2.32. The standard InChI is InChI=1S/C20H19F3N2O4/c1-12-2-7-17-16(8-12)25-19(27)14(11-28-17)9-18(26)24-10-13-3-5-15(6-4-13)29-20(21,22)23/h2-8,14H,9-11H2,1H3,(H,24,26)(H,25,27). The molecule has 2 aromatic rings. The van der Waals surface area contributed by atoms with Crippen molar-refractivity contribution in [3.05, 3.63) is 53.6 Å². The fourth-order valence-corrected chi connectivity index (χ4v) is 2.83. The largest absolute Gasteiger partial charge is 0.573 e. The van der Waals surface area contributed by atoms with E-state index in [0.29, 0.717) is 17.0 Å². The van der Waals surface area contributed by atoms with Gasteiger partial charge in [-0.25, -0.2) is 0 Å². The molecule has 2 N–H and O–H groups in total. The molecular weight excluding hydrogens is 389 g/mol. The molecule has 2 aromatic carbocycles. The molecular formula is C20H19F3N2O4. The lowest BCUT2D eigenvalue weighted by molar-refractivity contribution is -0.274. The van der Waals surface area contributed by atoms with Gasteiger partial charge in [-0.15, -0.1) is 13.2 Å². The Morgan fingerprint density at radius 2 is 1.97 bits per heavy atom. The zero-order valence-electron chi connectivity index (χ0n) is 15.5. The molecule has 1 unspecified atom stereocenters. The van der Waals surface area contributed by atoms with Gasteiger partial charge in [-0.05, 0) is 42.3 Å². The first-order valence-corrected chi connectivity index (χ1v) is 8.85. The number of amides is 2. The molecule has 2 amide bonds. The van der Waals surface area contributed by atoms with Crippen LogP contribution < -0.4 is 20.1 Å². The van der Waals surface area contributed by atoms with E-state index >= 15 is 0 Å². The summed E-state index contributed by atoms with van der Waals surface area (Å²) < 4.78 is 45.9. The number of hydrogen-bond acceptors (Lipinski definition) is 4. The first-order valence-electron chi connectivity index (χ1n) is 8.85. The SMILES string of the molecule is Cc1ccc2c(c1)NC(=O)C(CC(=O)NCc1ccc(OC(F)(F)F)cc1)CO2. The Hall–Kier alpha value is -3.23. The van der Waals surface area contributed by atoms with Crippen molar-refractivity contribution in [2.75, 3.05) is 11.9 Å². The number of aryl methyl sites for hydroxylation is 1. The number of ether oxygens (including phenoxy) is 2. The number of hydrogen-bond donors (Lipinski definition) is 2. The highest BCUT2D eigenvalue weighted by Crippen LogP contribution is 2.29. The topological polar surface area (TPSA) is 76.7 Å². The van der Waals surface area contributed by atoms with E-state index in [0.717, 1.165) is 5.56 Å². The van der Waals surface area contributed by atoms with Crippen molar-refractivity contribution in [3.8, 4) is 11.5 Å². The Kier molecular flexibility index (Phi) is 5.95. The van der Waals surface area contributed by atoms with Crippen LogP contribution in [0.4, 0.5) is 18.9 Å². The lowest BCUT2D eigenvalue weighted by Gasteiger charge is -2.13. The van der Waals surface area contributed by atoms with Crippen LogP contribution in [0, 0.1) is 12.8 Å². The van der Waals surface area contributed by atoms with Crippen LogP contribution in [0.1, 0.15) is 17.5 Å². The fraction of sp³-hybridized carbons (Fsp3) is 0.300. The molecule has 0 saturated heterocycles. The summed E-state index contributed by atoms with van der Waals surface area (Å²) in [6.07, 6.45) is -4.83. The number of carbonyl (C=O) groups excluding carboxylic acids is 2. The molecule has 1 aliphatic heterocycles. The number of halogens is 3. The minimum Gasteiger partial charge on any atom is -0.491 e. The normalized spacial score (nSPS) is 16.1. The van der Waals surface area contributed by atoms with Gasteiger partial charge in [0, 0.05) is 13.0 Å². The Bertz CT molecular complexity index is 898. The van der Waals surface area contributed by atoms with Gasteiger partial charge in [-0.1, -0.05) is 18.2 Å². The third kappa shape index (κ3) is 5.87. The van der Waals surface area contributed by atoms with Gasteiger partial charge in [-0.2, -0.15) is 0 Å². The van der Waals surface area contributed by atoms with E-state index < -0.39 is 12.3 Å². The second-order valence-corrected chi connectivity index (χ2v) is 6.67. The van der Waals surface area contributed by atoms with E-state index in [9.17, 15) is 22.8 Å². The van der Waals surface area contributed by atoms with E-state index in [2.05, 4.69) is 15.4 Å². The third-order valence-corrected chi connectivity index (χ3v) is 4.28. The molecule has 1 heterocycles. The summed E-state index contributed by atoms with van der Waals surface area (Å²) in [7, 11) is 0. The molecule has 29 heavy (non-hydrogen) atoms. The Labute approximate surface area is 165 Å². The molecule has 0 bridgehead atoms. The van der Waals surface area contributed by atoms with E-state index in [-0.39, 0.29) is 37.1 Å². The minimum absolute atomic E-state index is 0.0682. The molecule has 0 fully saturated rings. The first kappa shape index (κ1) is 20.5. The van der Waals surface area contributed by atoms with Crippen molar-refractivity contribution in [2.45, 2.75) is 26.3 Å². The smallest absolute Gasteiger partial charge is 0.491 e. The summed E-state index contributed by atoms with van der Waals surface area (Å²) in [6, 6.07) is 10.6. The molecule has 0 saturated carbocycles. The maximum Gasteiger partial charge on any atom is 0.573 e. The fourth-order valence-electron chi connectivity index (χ4n) is 2.83. The van der Waals surface area contributed by atoms with Gasteiger partial charge in [0.05, 0.1) is 11.6 Å². The summed E-state index contributed by atoms with van der Waals surface area (Å²) in [6.45, 7) is 2.07. The predicted molar refractivity (Wildman–Crippen MR) is 98.4 cm³/mol. The molecule has 1 aliphatic rings. The van der Waals surface area contributed by atoms with E-state index in [4.69, 9.17) is 4.74 Å². The summed E-state index contributed by atoms with van der Waals surface area (Å²) >= 11 is 0. The van der Waals surface area contributed by atoms with Crippen LogP contribution in [0.2, 0.25) is 0 Å². The number of nitrogens with one attached hydrogen (secondary N) is 2. The highest BCUT2D eigenvalue weighted by Gasteiger charge is 2.31. The number of fused-ring (bicyclic) bond motifs is 1. The van der Waals surface area contributed by atoms with Crippen LogP contribution in [0.15, 0.2) is 42.5 Å². The van der Waals surface area contributed by atoms with Crippen LogP contribution in [0.3, 0.4) is 0 Å². The molecule has 6 nitrogen and oxygen atoms in total. The molecule has 3 rings (SSSR count). The predicted octanol–water partition coefficient (Wildman–Crippen LogP) is 3.55. The Morgan fingerprint density at radius 3 is 2.66 bits per heavy atom. The van der Waals surface area contributed by atoms with Crippen LogP contribution in [0.25, 0.3) is 0 Å². The number of carbonyl (C=O) groups is 2. The van der Waals surface area contributed by atoms with Crippen molar-refractivity contribution in [2.24, 2.45) is 5.92 Å². The minimum atomic E-state index is -4.75. The van der Waals surface area contributed by atoms with Gasteiger partial charge < -0.3 is 20.1 Å². The molecule has 0 aliphatic carbocycles. The van der Waals surface area contributed by atoms with Crippen molar-refractivity contribution < 1.29 is 32.2 Å². The summed E-state index contributed by atoms with van der Waals surface area (Å²) in [4.78, 5) is 24.6. The number of alkyl halides is 3. The van der Waals surface area contributed by atoms with Gasteiger partial charge >= 0.3 is 6.36 Å². The zero-order chi connectivity index (χ0) is 21.0. The van der Waals surface area contributed by atoms with Crippen LogP contribution in [-0.2, 0) is 16.1 Å². The van der Waals surface area contributed by atoms with Crippen molar-refractivity contribution in [1.82, 2.24) is 5.32 Å². The van der Waals surface area contributed by atoms with Gasteiger partial charge in [0.15, 0.2) is 0 Å². The van der Waals surface area contributed by atoms with Gasteiger partial charge in [-0.3, -0.25) is 9.59 Å². The molecule has 154 valence electrons. The van der Waals surface area contributed by atoms with Crippen LogP contribution >= 0.6 is 0 Å².